The van der Waals surface area contributed by atoms with Gasteiger partial charge < -0.3 is 20.3 Å². The second-order valence-corrected chi connectivity index (χ2v) is 7.69. The number of ether oxygens (including phenoxy) is 1. The molecular weight excluding hydrogens is 449 g/mol. The summed E-state index contributed by atoms with van der Waals surface area (Å²) >= 11 is 0. The molecule has 0 radical (unpaired) electrons. The van der Waals surface area contributed by atoms with E-state index in [1.807, 2.05) is 11.0 Å². The van der Waals surface area contributed by atoms with E-state index in [1.165, 1.54) is 18.2 Å². The van der Waals surface area contributed by atoms with Crippen molar-refractivity contribution in [2.45, 2.75) is 32.7 Å². The van der Waals surface area contributed by atoms with Gasteiger partial charge in [-0.15, -0.1) is 13.2 Å². The first-order valence-electron chi connectivity index (χ1n) is 10.7. The third-order valence-corrected chi connectivity index (χ3v) is 5.30. The summed E-state index contributed by atoms with van der Waals surface area (Å²) in [6.07, 6.45) is -3.19. The van der Waals surface area contributed by atoms with Crippen molar-refractivity contribution in [3.8, 4) is 5.75 Å². The standard InChI is InChI=1S/C23H23F3N6O2/c1-14-29-21(27-2)31-22(30-14)32-11-5-7-15-12-16(9-10-18(15)32)20(33)28-13-17-6-3-4-8-19(17)34-23(24,25)26/h3-4,6,8-10,12H,5,7,11,13H2,1-2H3,(H,28,33)(H,27,29,30,31). The smallest absolute Gasteiger partial charge is 0.405 e. The molecule has 11 heteroatoms. The third-order valence-electron chi connectivity index (χ3n) is 5.30. The van der Waals surface area contributed by atoms with Crippen LogP contribution in [0.1, 0.15) is 33.7 Å². The summed E-state index contributed by atoms with van der Waals surface area (Å²) in [5, 5.41) is 5.60. The minimum absolute atomic E-state index is 0.106. The summed E-state index contributed by atoms with van der Waals surface area (Å²) in [6.45, 7) is 2.41. The number of nitrogens with zero attached hydrogens (tertiary/aromatic N) is 4. The fourth-order valence-corrected chi connectivity index (χ4v) is 3.80. The number of fused-ring (bicyclic) bond motifs is 1. The molecule has 1 aliphatic heterocycles. The predicted molar refractivity (Wildman–Crippen MR) is 120 cm³/mol. The number of halogens is 3. The molecule has 0 atom stereocenters. The highest BCUT2D eigenvalue weighted by atomic mass is 19.4. The second kappa shape index (κ2) is 9.54. The molecule has 178 valence electrons. The molecule has 2 N–H and O–H groups in total. The van der Waals surface area contributed by atoms with Crippen molar-refractivity contribution in [3.05, 3.63) is 65.0 Å². The SMILES string of the molecule is CNc1nc(C)nc(N2CCCc3cc(C(=O)NCc4ccccc4OC(F)(F)F)ccc32)n1. The molecule has 0 unspecified atom stereocenters. The largest absolute Gasteiger partial charge is 0.573 e. The van der Waals surface area contributed by atoms with Crippen LogP contribution < -0.4 is 20.3 Å². The van der Waals surface area contributed by atoms with Gasteiger partial charge in [-0.2, -0.15) is 15.0 Å². The number of hydrogen-bond donors (Lipinski definition) is 2. The minimum Gasteiger partial charge on any atom is -0.405 e. The molecule has 0 saturated heterocycles. The van der Waals surface area contributed by atoms with Crippen LogP contribution in [0, 0.1) is 6.92 Å². The highest BCUT2D eigenvalue weighted by Gasteiger charge is 2.32. The number of anilines is 3. The van der Waals surface area contributed by atoms with Gasteiger partial charge in [0, 0.05) is 37.0 Å². The number of carbonyl (C=O) groups is 1. The highest BCUT2D eigenvalue weighted by molar-refractivity contribution is 5.95. The normalized spacial score (nSPS) is 13.3. The maximum absolute atomic E-state index is 12.8. The van der Waals surface area contributed by atoms with Crippen molar-refractivity contribution in [2.75, 3.05) is 23.8 Å². The summed E-state index contributed by atoms with van der Waals surface area (Å²) in [7, 11) is 1.74. The number of para-hydroxylation sites is 1. The first kappa shape index (κ1) is 23.3. The van der Waals surface area contributed by atoms with E-state index < -0.39 is 12.3 Å². The lowest BCUT2D eigenvalue weighted by atomic mass is 9.99. The Balaban J connectivity index is 1.51. The Morgan fingerprint density at radius 1 is 1.15 bits per heavy atom. The van der Waals surface area contributed by atoms with Crippen LogP contribution in [0.15, 0.2) is 42.5 Å². The number of amides is 1. The van der Waals surface area contributed by atoms with Gasteiger partial charge in [-0.25, -0.2) is 0 Å². The summed E-state index contributed by atoms with van der Waals surface area (Å²) < 4.78 is 42.0. The van der Waals surface area contributed by atoms with Crippen molar-refractivity contribution in [3.63, 3.8) is 0 Å². The van der Waals surface area contributed by atoms with Crippen molar-refractivity contribution >= 4 is 23.5 Å². The lowest BCUT2D eigenvalue weighted by molar-refractivity contribution is -0.274. The van der Waals surface area contributed by atoms with Gasteiger partial charge in [0.15, 0.2) is 0 Å². The highest BCUT2D eigenvalue weighted by Crippen LogP contribution is 2.33. The van der Waals surface area contributed by atoms with Crippen molar-refractivity contribution in [1.29, 1.82) is 0 Å². The molecule has 2 aromatic carbocycles. The fraction of sp³-hybridized carbons (Fsp3) is 0.304. The van der Waals surface area contributed by atoms with E-state index >= 15 is 0 Å². The number of aromatic nitrogens is 3. The Bertz CT molecular complexity index is 1200. The van der Waals surface area contributed by atoms with E-state index in [-0.39, 0.29) is 17.9 Å². The maximum atomic E-state index is 12.8. The Morgan fingerprint density at radius 3 is 2.71 bits per heavy atom. The molecule has 0 saturated carbocycles. The van der Waals surface area contributed by atoms with Crippen LogP contribution >= 0.6 is 0 Å². The monoisotopic (exact) mass is 472 g/mol. The average Bonchev–Trinajstić information content (AvgIpc) is 2.81. The van der Waals surface area contributed by atoms with Crippen molar-refractivity contribution < 1.29 is 22.7 Å². The van der Waals surface area contributed by atoms with Crippen LogP contribution in [0.25, 0.3) is 0 Å². The predicted octanol–water partition coefficient (Wildman–Crippen LogP) is 4.13. The molecule has 1 aliphatic rings. The first-order valence-corrected chi connectivity index (χ1v) is 10.7. The average molecular weight is 472 g/mol. The molecule has 0 aliphatic carbocycles. The molecule has 34 heavy (non-hydrogen) atoms. The quantitative estimate of drug-likeness (QED) is 0.557. The zero-order valence-corrected chi connectivity index (χ0v) is 18.6. The van der Waals surface area contributed by atoms with Gasteiger partial charge >= 0.3 is 6.36 Å². The molecule has 8 nitrogen and oxygen atoms in total. The number of rotatable bonds is 6. The fourth-order valence-electron chi connectivity index (χ4n) is 3.80. The van der Waals surface area contributed by atoms with Crippen LogP contribution in [0.2, 0.25) is 0 Å². The van der Waals surface area contributed by atoms with Crippen molar-refractivity contribution in [2.24, 2.45) is 0 Å². The molecule has 0 bridgehead atoms. The number of hydrogen-bond acceptors (Lipinski definition) is 7. The zero-order valence-electron chi connectivity index (χ0n) is 18.6. The van der Waals surface area contributed by atoms with Crippen LogP contribution in [0.5, 0.6) is 5.75 Å². The Morgan fingerprint density at radius 2 is 1.94 bits per heavy atom. The Labute approximate surface area is 194 Å². The van der Waals surface area contributed by atoms with Gasteiger partial charge in [-0.3, -0.25) is 4.79 Å². The van der Waals surface area contributed by atoms with Gasteiger partial charge in [0.2, 0.25) is 11.9 Å². The van der Waals surface area contributed by atoms with E-state index in [0.29, 0.717) is 23.3 Å². The van der Waals surface area contributed by atoms with Gasteiger partial charge in [-0.05, 0) is 49.6 Å². The van der Waals surface area contributed by atoms with Gasteiger partial charge in [-0.1, -0.05) is 18.2 Å². The molecule has 3 aromatic rings. The lowest BCUT2D eigenvalue weighted by Gasteiger charge is -2.30. The minimum atomic E-state index is -4.81. The molecule has 1 aromatic heterocycles. The van der Waals surface area contributed by atoms with Crippen LogP contribution in [0.4, 0.5) is 30.8 Å². The number of carbonyl (C=O) groups excluding carboxylic acids is 1. The summed E-state index contributed by atoms with van der Waals surface area (Å²) in [5.74, 6) is 0.851. The molecule has 0 fully saturated rings. The van der Waals surface area contributed by atoms with Crippen molar-refractivity contribution in [1.82, 2.24) is 20.3 Å². The van der Waals surface area contributed by atoms with E-state index in [2.05, 4.69) is 30.3 Å². The maximum Gasteiger partial charge on any atom is 0.573 e. The molecule has 4 rings (SSSR count). The molecule has 2 heterocycles. The van der Waals surface area contributed by atoms with Crippen LogP contribution in [-0.2, 0) is 13.0 Å². The molecule has 0 spiro atoms. The Hall–Kier alpha value is -3.89. The summed E-state index contributed by atoms with van der Waals surface area (Å²) in [5.41, 5.74) is 2.50. The van der Waals surface area contributed by atoms with E-state index in [1.54, 1.807) is 32.2 Å². The van der Waals surface area contributed by atoms with Crippen LogP contribution in [-0.4, -0.2) is 40.8 Å². The van der Waals surface area contributed by atoms with E-state index in [9.17, 15) is 18.0 Å². The summed E-state index contributed by atoms with van der Waals surface area (Å²) in [4.78, 5) is 27.9. The number of benzene rings is 2. The van der Waals surface area contributed by atoms with E-state index in [0.717, 1.165) is 30.6 Å². The second-order valence-electron chi connectivity index (χ2n) is 7.69. The van der Waals surface area contributed by atoms with Crippen LogP contribution in [0.3, 0.4) is 0 Å². The summed E-state index contributed by atoms with van der Waals surface area (Å²) in [6, 6.07) is 11.0. The number of nitrogens with one attached hydrogen (secondary N) is 2. The lowest BCUT2D eigenvalue weighted by Crippen LogP contribution is -2.28. The number of alkyl halides is 3. The molecule has 1 amide bonds. The number of aryl methyl sites for hydroxylation is 2. The molecular formula is C23H23F3N6O2. The third kappa shape index (κ3) is 5.36. The zero-order chi connectivity index (χ0) is 24.3. The van der Waals surface area contributed by atoms with E-state index in [4.69, 9.17) is 0 Å². The Kier molecular flexibility index (Phi) is 6.53. The van der Waals surface area contributed by atoms with Gasteiger partial charge in [0.05, 0.1) is 0 Å². The first-order chi connectivity index (χ1) is 16.2. The van der Waals surface area contributed by atoms with Gasteiger partial charge in [0.1, 0.15) is 11.6 Å². The topological polar surface area (TPSA) is 92.3 Å². The van der Waals surface area contributed by atoms with Gasteiger partial charge in [0.25, 0.3) is 5.91 Å².